The van der Waals surface area contributed by atoms with Gasteiger partial charge in [-0.3, -0.25) is 9.59 Å². The van der Waals surface area contributed by atoms with Gasteiger partial charge >= 0.3 is 5.97 Å². The number of fused-ring (bicyclic) bond motifs is 1. The molecule has 1 saturated carbocycles. The molecule has 5 heteroatoms. The molecule has 1 amide bonds. The molecule has 0 aliphatic heterocycles. The number of amides is 1. The molecular formula is C15H16N2O3. The van der Waals surface area contributed by atoms with Gasteiger partial charge in [0.1, 0.15) is 0 Å². The molecule has 5 nitrogen and oxygen atoms in total. The highest BCUT2D eigenvalue weighted by molar-refractivity contribution is 6.05. The number of hydrogen-bond donors (Lipinski definition) is 3. The SMILES string of the molecule is O=C(O)CC(NC(=O)c1cccc2cc[nH]c12)C1CC1. The number of aromatic amines is 1. The highest BCUT2D eigenvalue weighted by Gasteiger charge is 2.34. The van der Waals surface area contributed by atoms with Gasteiger partial charge in [-0.2, -0.15) is 0 Å². The highest BCUT2D eigenvalue weighted by atomic mass is 16.4. The molecule has 1 aliphatic rings. The first-order chi connectivity index (χ1) is 9.65. The average Bonchev–Trinajstić information content (AvgIpc) is 3.14. The number of aromatic nitrogens is 1. The van der Waals surface area contributed by atoms with Crippen LogP contribution in [0.3, 0.4) is 0 Å². The standard InChI is InChI=1S/C15H16N2O3/c18-13(19)8-12(9-4-5-9)17-15(20)11-3-1-2-10-6-7-16-14(10)11/h1-3,6-7,9,12,16H,4-5,8H2,(H,17,20)(H,18,19). The Morgan fingerprint density at radius 3 is 2.85 bits per heavy atom. The number of carbonyl (C=O) groups excluding carboxylic acids is 1. The Balaban J connectivity index is 1.81. The summed E-state index contributed by atoms with van der Waals surface area (Å²) in [4.78, 5) is 26.3. The number of H-pyrrole nitrogens is 1. The molecule has 2 aromatic rings. The van der Waals surface area contributed by atoms with E-state index in [2.05, 4.69) is 10.3 Å². The number of carboxylic acid groups (broad SMARTS) is 1. The number of hydrogen-bond acceptors (Lipinski definition) is 2. The zero-order valence-electron chi connectivity index (χ0n) is 10.9. The van der Waals surface area contributed by atoms with Crippen LogP contribution >= 0.6 is 0 Å². The summed E-state index contributed by atoms with van der Waals surface area (Å²) in [6.07, 6.45) is 3.75. The van der Waals surface area contributed by atoms with Crippen molar-refractivity contribution in [2.75, 3.05) is 0 Å². The van der Waals surface area contributed by atoms with Crippen LogP contribution in [-0.4, -0.2) is 28.0 Å². The summed E-state index contributed by atoms with van der Waals surface area (Å²) in [7, 11) is 0. The summed E-state index contributed by atoms with van der Waals surface area (Å²) in [5.41, 5.74) is 1.35. The van der Waals surface area contributed by atoms with Gasteiger partial charge in [-0.15, -0.1) is 0 Å². The van der Waals surface area contributed by atoms with Gasteiger partial charge in [0, 0.05) is 17.6 Å². The smallest absolute Gasteiger partial charge is 0.305 e. The van der Waals surface area contributed by atoms with E-state index < -0.39 is 5.97 Å². The van der Waals surface area contributed by atoms with Gasteiger partial charge in [0.15, 0.2) is 0 Å². The molecular weight excluding hydrogens is 256 g/mol. The van der Waals surface area contributed by atoms with Crippen molar-refractivity contribution in [3.63, 3.8) is 0 Å². The number of rotatable bonds is 5. The molecule has 1 aliphatic carbocycles. The molecule has 20 heavy (non-hydrogen) atoms. The monoisotopic (exact) mass is 272 g/mol. The lowest BCUT2D eigenvalue weighted by molar-refractivity contribution is -0.137. The molecule has 0 bridgehead atoms. The molecule has 1 atom stereocenters. The minimum absolute atomic E-state index is 0.0168. The molecule has 0 radical (unpaired) electrons. The molecule has 0 spiro atoms. The van der Waals surface area contributed by atoms with E-state index in [1.807, 2.05) is 18.2 Å². The second-order valence-corrected chi connectivity index (χ2v) is 5.26. The van der Waals surface area contributed by atoms with Crippen LogP contribution in [0.4, 0.5) is 0 Å². The predicted octanol–water partition coefficient (Wildman–Crippen LogP) is 2.15. The van der Waals surface area contributed by atoms with Crippen LogP contribution < -0.4 is 5.32 Å². The van der Waals surface area contributed by atoms with E-state index in [1.54, 1.807) is 12.3 Å². The number of aliphatic carboxylic acids is 1. The first-order valence-corrected chi connectivity index (χ1v) is 6.74. The van der Waals surface area contributed by atoms with Crippen molar-refractivity contribution in [1.82, 2.24) is 10.3 Å². The molecule has 0 saturated heterocycles. The van der Waals surface area contributed by atoms with Crippen LogP contribution in [0.25, 0.3) is 10.9 Å². The first-order valence-electron chi connectivity index (χ1n) is 6.74. The van der Waals surface area contributed by atoms with E-state index in [0.717, 1.165) is 23.7 Å². The van der Waals surface area contributed by atoms with Gasteiger partial charge < -0.3 is 15.4 Å². The Bertz CT molecular complexity index is 658. The molecule has 1 heterocycles. The van der Waals surface area contributed by atoms with Gasteiger partial charge in [0.2, 0.25) is 0 Å². The third-order valence-corrected chi connectivity index (χ3v) is 3.73. The van der Waals surface area contributed by atoms with Crippen molar-refractivity contribution in [3.05, 3.63) is 36.0 Å². The molecule has 1 aromatic heterocycles. The number of carbonyl (C=O) groups is 2. The molecule has 3 N–H and O–H groups in total. The topological polar surface area (TPSA) is 82.2 Å². The van der Waals surface area contributed by atoms with Crippen LogP contribution in [0.15, 0.2) is 30.5 Å². The zero-order valence-corrected chi connectivity index (χ0v) is 10.9. The molecule has 3 rings (SSSR count). The molecule has 104 valence electrons. The molecule has 1 aromatic carbocycles. The number of nitrogens with one attached hydrogen (secondary N) is 2. The minimum atomic E-state index is -0.875. The zero-order chi connectivity index (χ0) is 14.1. The van der Waals surface area contributed by atoms with E-state index in [0.29, 0.717) is 11.5 Å². The maximum Gasteiger partial charge on any atom is 0.305 e. The second-order valence-electron chi connectivity index (χ2n) is 5.26. The van der Waals surface area contributed by atoms with Gasteiger partial charge in [-0.1, -0.05) is 12.1 Å². The van der Waals surface area contributed by atoms with Crippen molar-refractivity contribution < 1.29 is 14.7 Å². The summed E-state index contributed by atoms with van der Waals surface area (Å²) in [5, 5.41) is 12.8. The number of para-hydroxylation sites is 1. The summed E-state index contributed by atoms with van der Waals surface area (Å²) in [6, 6.07) is 7.14. The number of carboxylic acids is 1. The number of benzene rings is 1. The van der Waals surface area contributed by atoms with Gasteiger partial charge in [-0.05, 0) is 30.9 Å². The lowest BCUT2D eigenvalue weighted by atomic mass is 10.1. The van der Waals surface area contributed by atoms with E-state index in [9.17, 15) is 9.59 Å². The van der Waals surface area contributed by atoms with E-state index in [1.165, 1.54) is 0 Å². The van der Waals surface area contributed by atoms with Crippen LogP contribution in [0.5, 0.6) is 0 Å². The highest BCUT2D eigenvalue weighted by Crippen LogP contribution is 2.34. The summed E-state index contributed by atoms with van der Waals surface area (Å²) >= 11 is 0. The fourth-order valence-corrected chi connectivity index (χ4v) is 2.54. The van der Waals surface area contributed by atoms with Crippen molar-refractivity contribution in [2.24, 2.45) is 5.92 Å². The largest absolute Gasteiger partial charge is 0.481 e. The first kappa shape index (κ1) is 12.7. The third kappa shape index (κ3) is 2.52. The van der Waals surface area contributed by atoms with Crippen LogP contribution in [-0.2, 0) is 4.79 Å². The third-order valence-electron chi connectivity index (χ3n) is 3.73. The van der Waals surface area contributed by atoms with Gasteiger partial charge in [0.05, 0.1) is 17.5 Å². The Morgan fingerprint density at radius 1 is 1.35 bits per heavy atom. The van der Waals surface area contributed by atoms with E-state index in [4.69, 9.17) is 5.11 Å². The lowest BCUT2D eigenvalue weighted by Gasteiger charge is -2.16. The Kier molecular flexibility index (Phi) is 3.18. The predicted molar refractivity (Wildman–Crippen MR) is 74.5 cm³/mol. The molecule has 1 fully saturated rings. The lowest BCUT2D eigenvalue weighted by Crippen LogP contribution is -2.38. The Labute approximate surface area is 116 Å². The van der Waals surface area contributed by atoms with E-state index in [-0.39, 0.29) is 18.4 Å². The second kappa shape index (κ2) is 5.00. The summed E-state index contributed by atoms with van der Waals surface area (Å²) in [6.45, 7) is 0. The van der Waals surface area contributed by atoms with Crippen molar-refractivity contribution in [1.29, 1.82) is 0 Å². The fourth-order valence-electron chi connectivity index (χ4n) is 2.54. The van der Waals surface area contributed by atoms with Crippen molar-refractivity contribution in [3.8, 4) is 0 Å². The van der Waals surface area contributed by atoms with Crippen LogP contribution in [0.1, 0.15) is 29.6 Å². The fraction of sp³-hybridized carbons (Fsp3) is 0.333. The molecule has 1 unspecified atom stereocenters. The average molecular weight is 272 g/mol. The Morgan fingerprint density at radius 2 is 2.15 bits per heavy atom. The Hall–Kier alpha value is -2.30. The summed E-state index contributed by atoms with van der Waals surface area (Å²) in [5.74, 6) is -0.783. The quantitative estimate of drug-likeness (QED) is 0.780. The van der Waals surface area contributed by atoms with E-state index >= 15 is 0 Å². The normalized spacial score (nSPS) is 16.0. The van der Waals surface area contributed by atoms with Gasteiger partial charge in [0.25, 0.3) is 5.91 Å². The van der Waals surface area contributed by atoms with Gasteiger partial charge in [-0.25, -0.2) is 0 Å². The van der Waals surface area contributed by atoms with Crippen molar-refractivity contribution in [2.45, 2.75) is 25.3 Å². The maximum absolute atomic E-state index is 12.4. The van der Waals surface area contributed by atoms with Crippen LogP contribution in [0.2, 0.25) is 0 Å². The summed E-state index contributed by atoms with van der Waals surface area (Å²) < 4.78 is 0. The maximum atomic E-state index is 12.4. The van der Waals surface area contributed by atoms with Crippen LogP contribution in [0, 0.1) is 5.92 Å². The van der Waals surface area contributed by atoms with Crippen molar-refractivity contribution >= 4 is 22.8 Å². The minimum Gasteiger partial charge on any atom is -0.481 e.